The van der Waals surface area contributed by atoms with Gasteiger partial charge in [-0.3, -0.25) is 9.20 Å². The van der Waals surface area contributed by atoms with Gasteiger partial charge in [0.25, 0.3) is 0 Å². The standard InChI is InChI=1S/C16H11N3O3S/c1-2-22-16(21)13-14(15(20)11-4-3-7-23-11)19-6-5-10(9-17)8-12(19)18-13/h3-8H,2H2,1H3. The number of ketones is 1. The molecule has 0 bridgehead atoms. The Bertz CT molecular complexity index is 936. The van der Waals surface area contributed by atoms with Crippen LogP contribution >= 0.6 is 11.3 Å². The number of hydrogen-bond acceptors (Lipinski definition) is 6. The van der Waals surface area contributed by atoms with Crippen molar-refractivity contribution in [3.63, 3.8) is 0 Å². The molecule has 114 valence electrons. The maximum Gasteiger partial charge on any atom is 0.359 e. The molecule has 0 aromatic carbocycles. The number of pyridine rings is 1. The molecule has 7 heteroatoms. The predicted molar refractivity (Wildman–Crippen MR) is 83.6 cm³/mol. The van der Waals surface area contributed by atoms with Crippen LogP contribution in [0.25, 0.3) is 5.65 Å². The first kappa shape index (κ1) is 14.9. The summed E-state index contributed by atoms with van der Waals surface area (Å²) in [6, 6.07) is 8.54. The number of ether oxygens (including phenoxy) is 1. The summed E-state index contributed by atoms with van der Waals surface area (Å²) < 4.78 is 6.50. The van der Waals surface area contributed by atoms with E-state index in [0.717, 1.165) is 0 Å². The summed E-state index contributed by atoms with van der Waals surface area (Å²) in [6.45, 7) is 1.87. The van der Waals surface area contributed by atoms with Crippen molar-refractivity contribution in [1.29, 1.82) is 5.26 Å². The molecule has 23 heavy (non-hydrogen) atoms. The highest BCUT2D eigenvalue weighted by Crippen LogP contribution is 2.21. The minimum Gasteiger partial charge on any atom is -0.461 e. The number of fused-ring (bicyclic) bond motifs is 1. The molecule has 0 N–H and O–H groups in total. The van der Waals surface area contributed by atoms with Crippen LogP contribution in [0.2, 0.25) is 0 Å². The van der Waals surface area contributed by atoms with E-state index in [0.29, 0.717) is 16.1 Å². The smallest absolute Gasteiger partial charge is 0.359 e. The van der Waals surface area contributed by atoms with Crippen molar-refractivity contribution >= 4 is 28.7 Å². The van der Waals surface area contributed by atoms with Crippen LogP contribution in [0.5, 0.6) is 0 Å². The van der Waals surface area contributed by atoms with Gasteiger partial charge in [0, 0.05) is 6.20 Å². The van der Waals surface area contributed by atoms with E-state index in [9.17, 15) is 9.59 Å². The fourth-order valence-electron chi connectivity index (χ4n) is 2.20. The third kappa shape index (κ3) is 2.60. The van der Waals surface area contributed by atoms with Gasteiger partial charge in [-0.1, -0.05) is 6.07 Å². The van der Waals surface area contributed by atoms with Gasteiger partial charge in [0.05, 0.1) is 23.1 Å². The largest absolute Gasteiger partial charge is 0.461 e. The number of thiophene rings is 1. The molecular weight excluding hydrogens is 314 g/mol. The van der Waals surface area contributed by atoms with E-state index in [4.69, 9.17) is 10.00 Å². The van der Waals surface area contributed by atoms with Crippen molar-refractivity contribution in [2.24, 2.45) is 0 Å². The molecule has 3 aromatic rings. The molecule has 0 aliphatic heterocycles. The fraction of sp³-hybridized carbons (Fsp3) is 0.125. The van der Waals surface area contributed by atoms with E-state index in [-0.39, 0.29) is 23.8 Å². The average Bonchev–Trinajstić information content (AvgIpc) is 3.21. The van der Waals surface area contributed by atoms with Crippen molar-refractivity contribution in [1.82, 2.24) is 9.38 Å². The molecule has 0 spiro atoms. The number of carbonyl (C=O) groups excluding carboxylic acids is 2. The van der Waals surface area contributed by atoms with E-state index in [1.54, 1.807) is 36.7 Å². The van der Waals surface area contributed by atoms with Crippen LogP contribution in [-0.2, 0) is 4.74 Å². The van der Waals surface area contributed by atoms with Gasteiger partial charge >= 0.3 is 5.97 Å². The molecule has 3 rings (SSSR count). The maximum atomic E-state index is 12.7. The van der Waals surface area contributed by atoms with Crippen LogP contribution < -0.4 is 0 Å². The Balaban J connectivity index is 2.24. The molecule has 0 saturated carbocycles. The Hall–Kier alpha value is -2.98. The van der Waals surface area contributed by atoms with Gasteiger partial charge < -0.3 is 4.74 Å². The Labute approximate surface area is 135 Å². The number of carbonyl (C=O) groups is 2. The Kier molecular flexibility index (Phi) is 3.91. The minimum absolute atomic E-state index is 0.0414. The maximum absolute atomic E-state index is 12.7. The van der Waals surface area contributed by atoms with Crippen molar-refractivity contribution in [2.45, 2.75) is 6.92 Å². The lowest BCUT2D eigenvalue weighted by molar-refractivity contribution is 0.0517. The highest BCUT2D eigenvalue weighted by Gasteiger charge is 2.26. The van der Waals surface area contributed by atoms with Gasteiger partial charge in [0.15, 0.2) is 5.69 Å². The number of rotatable bonds is 4. The van der Waals surface area contributed by atoms with E-state index in [2.05, 4.69) is 4.98 Å². The van der Waals surface area contributed by atoms with Gasteiger partial charge in [-0.2, -0.15) is 5.26 Å². The second kappa shape index (κ2) is 6.02. The molecular formula is C16H11N3O3S. The first-order chi connectivity index (χ1) is 11.2. The summed E-state index contributed by atoms with van der Waals surface area (Å²) in [5, 5.41) is 10.8. The van der Waals surface area contributed by atoms with E-state index < -0.39 is 5.97 Å². The van der Waals surface area contributed by atoms with Crippen LogP contribution in [0, 0.1) is 11.3 Å². The average molecular weight is 325 g/mol. The molecule has 0 aliphatic rings. The van der Waals surface area contributed by atoms with E-state index >= 15 is 0 Å². The summed E-state index contributed by atoms with van der Waals surface area (Å²) in [4.78, 5) is 29.6. The van der Waals surface area contributed by atoms with Gasteiger partial charge in [-0.25, -0.2) is 9.78 Å². The predicted octanol–water partition coefficient (Wildman–Crippen LogP) is 2.68. The van der Waals surface area contributed by atoms with Crippen LogP contribution in [0.15, 0.2) is 35.8 Å². The quantitative estimate of drug-likeness (QED) is 0.544. The molecule has 0 aliphatic carbocycles. The SMILES string of the molecule is CCOC(=O)c1nc2cc(C#N)ccn2c1C(=O)c1cccs1. The summed E-state index contributed by atoms with van der Waals surface area (Å²) in [5.74, 6) is -0.963. The third-order valence-electron chi connectivity index (χ3n) is 3.18. The first-order valence-corrected chi connectivity index (χ1v) is 7.71. The zero-order chi connectivity index (χ0) is 16.4. The van der Waals surface area contributed by atoms with Crippen molar-refractivity contribution in [3.05, 3.63) is 57.7 Å². The number of nitrogens with zero attached hydrogens (tertiary/aromatic N) is 3. The highest BCUT2D eigenvalue weighted by molar-refractivity contribution is 7.12. The summed E-state index contributed by atoms with van der Waals surface area (Å²) in [5.41, 5.74) is 0.853. The van der Waals surface area contributed by atoms with Gasteiger partial charge in [0.2, 0.25) is 5.78 Å². The Morgan fingerprint density at radius 2 is 2.26 bits per heavy atom. The lowest BCUT2D eigenvalue weighted by atomic mass is 10.2. The molecule has 0 fully saturated rings. The fourth-order valence-corrected chi connectivity index (χ4v) is 2.86. The minimum atomic E-state index is -0.658. The van der Waals surface area contributed by atoms with Crippen molar-refractivity contribution in [2.75, 3.05) is 6.61 Å². The molecule has 6 nitrogen and oxygen atoms in total. The molecule has 0 amide bonds. The van der Waals surface area contributed by atoms with Crippen LogP contribution in [0.4, 0.5) is 0 Å². The first-order valence-electron chi connectivity index (χ1n) is 6.83. The second-order valence-corrected chi connectivity index (χ2v) is 5.54. The number of nitriles is 1. The van der Waals surface area contributed by atoms with E-state index in [1.807, 2.05) is 6.07 Å². The summed E-state index contributed by atoms with van der Waals surface area (Å²) >= 11 is 1.28. The van der Waals surface area contributed by atoms with Crippen LogP contribution in [-0.4, -0.2) is 27.7 Å². The monoisotopic (exact) mass is 325 g/mol. The Morgan fingerprint density at radius 1 is 1.43 bits per heavy atom. The normalized spacial score (nSPS) is 10.4. The van der Waals surface area contributed by atoms with Crippen molar-refractivity contribution < 1.29 is 14.3 Å². The van der Waals surface area contributed by atoms with Gasteiger partial charge in [-0.15, -0.1) is 11.3 Å². The summed E-state index contributed by atoms with van der Waals surface area (Å²) in [6.07, 6.45) is 1.56. The third-order valence-corrected chi connectivity index (χ3v) is 4.05. The number of imidazole rings is 1. The molecule has 0 radical (unpaired) electrons. The lowest BCUT2D eigenvalue weighted by Gasteiger charge is -2.03. The van der Waals surface area contributed by atoms with Crippen LogP contribution in [0.1, 0.15) is 38.3 Å². The number of aromatic nitrogens is 2. The highest BCUT2D eigenvalue weighted by atomic mass is 32.1. The zero-order valence-corrected chi connectivity index (χ0v) is 13.0. The number of esters is 1. The second-order valence-electron chi connectivity index (χ2n) is 4.59. The van der Waals surface area contributed by atoms with E-state index in [1.165, 1.54) is 21.8 Å². The number of hydrogen-bond donors (Lipinski definition) is 0. The summed E-state index contributed by atoms with van der Waals surface area (Å²) in [7, 11) is 0. The van der Waals surface area contributed by atoms with Gasteiger partial charge in [-0.05, 0) is 30.5 Å². The van der Waals surface area contributed by atoms with Crippen molar-refractivity contribution in [3.8, 4) is 6.07 Å². The van der Waals surface area contributed by atoms with Crippen LogP contribution in [0.3, 0.4) is 0 Å². The zero-order valence-electron chi connectivity index (χ0n) is 12.1. The molecule has 0 saturated heterocycles. The topological polar surface area (TPSA) is 84.5 Å². The lowest BCUT2D eigenvalue weighted by Crippen LogP contribution is -2.13. The van der Waals surface area contributed by atoms with Gasteiger partial charge in [0.1, 0.15) is 11.3 Å². The molecule has 0 unspecified atom stereocenters. The molecule has 0 atom stereocenters. The Morgan fingerprint density at radius 3 is 2.91 bits per heavy atom. The molecule has 3 heterocycles. The molecule has 3 aromatic heterocycles.